The molecule has 1 saturated heterocycles. The molecule has 1 aromatic carbocycles. The first kappa shape index (κ1) is 9.21. The maximum Gasteiger partial charge on any atom is 0.251 e. The van der Waals surface area contributed by atoms with Crippen LogP contribution in [0, 0.1) is 6.07 Å². The number of amides is 1. The van der Waals surface area contributed by atoms with Crippen LogP contribution in [0.2, 0.25) is 0 Å². The number of carbonyl (C=O) groups excluding carboxylic acids is 1. The molecule has 1 fully saturated rings. The minimum Gasteiger partial charge on any atom is -0.348 e. The Kier molecular flexibility index (Phi) is 2.79. The first-order valence-electron chi connectivity index (χ1n) is 4.84. The van der Waals surface area contributed by atoms with Gasteiger partial charge in [-0.25, -0.2) is 0 Å². The lowest BCUT2D eigenvalue weighted by Crippen LogP contribution is -2.36. The summed E-state index contributed by atoms with van der Waals surface area (Å²) < 4.78 is 0. The fourth-order valence-electron chi connectivity index (χ4n) is 1.58. The molecule has 3 heteroatoms. The third-order valence-electron chi connectivity index (χ3n) is 2.38. The second-order valence-corrected chi connectivity index (χ2v) is 3.45. The summed E-state index contributed by atoms with van der Waals surface area (Å²) in [5.41, 5.74) is 0.704. The van der Waals surface area contributed by atoms with Crippen LogP contribution in [-0.4, -0.2) is 25.0 Å². The molecule has 73 valence electrons. The lowest BCUT2D eigenvalue weighted by Gasteiger charge is -2.10. The number of hydrogen-bond acceptors (Lipinski definition) is 2. The minimum atomic E-state index is 0.00713. The second-order valence-electron chi connectivity index (χ2n) is 3.45. The normalized spacial score (nSPS) is 20.7. The van der Waals surface area contributed by atoms with Crippen molar-refractivity contribution in [3.05, 3.63) is 35.9 Å². The quantitative estimate of drug-likeness (QED) is 0.714. The summed E-state index contributed by atoms with van der Waals surface area (Å²) in [6.45, 7) is 1.87. The van der Waals surface area contributed by atoms with Gasteiger partial charge in [0.25, 0.3) is 5.91 Å². The molecule has 2 rings (SSSR count). The molecular weight excluding hydrogens is 176 g/mol. The third-order valence-corrected chi connectivity index (χ3v) is 2.38. The summed E-state index contributed by atoms with van der Waals surface area (Å²) in [6.07, 6.45) is 1.02. The highest BCUT2D eigenvalue weighted by molar-refractivity contribution is 5.94. The number of carbonyl (C=O) groups is 1. The molecule has 2 N–H and O–H groups in total. The Morgan fingerprint density at radius 1 is 1.50 bits per heavy atom. The van der Waals surface area contributed by atoms with Crippen molar-refractivity contribution in [1.29, 1.82) is 0 Å². The van der Waals surface area contributed by atoms with Gasteiger partial charge < -0.3 is 10.6 Å². The molecule has 0 spiro atoms. The Morgan fingerprint density at radius 3 is 2.93 bits per heavy atom. The van der Waals surface area contributed by atoms with Crippen molar-refractivity contribution in [2.75, 3.05) is 13.1 Å². The zero-order chi connectivity index (χ0) is 9.80. The highest BCUT2D eigenvalue weighted by atomic mass is 16.1. The van der Waals surface area contributed by atoms with Gasteiger partial charge in [0.05, 0.1) is 0 Å². The summed E-state index contributed by atoms with van der Waals surface area (Å²) >= 11 is 0. The summed E-state index contributed by atoms with van der Waals surface area (Å²) in [5, 5.41) is 6.19. The zero-order valence-corrected chi connectivity index (χ0v) is 7.92. The molecule has 0 saturated carbocycles. The van der Waals surface area contributed by atoms with Crippen LogP contribution in [0.4, 0.5) is 0 Å². The van der Waals surface area contributed by atoms with Gasteiger partial charge in [0, 0.05) is 18.2 Å². The van der Waals surface area contributed by atoms with Crippen molar-refractivity contribution in [3.8, 4) is 0 Å². The van der Waals surface area contributed by atoms with Gasteiger partial charge in [-0.15, -0.1) is 0 Å². The Bertz CT molecular complexity index is 304. The predicted molar refractivity (Wildman–Crippen MR) is 54.0 cm³/mol. The van der Waals surface area contributed by atoms with E-state index in [2.05, 4.69) is 16.7 Å². The lowest BCUT2D eigenvalue weighted by atomic mass is 10.2. The molecular formula is C11H13N2O. The van der Waals surface area contributed by atoms with Crippen LogP contribution in [0.3, 0.4) is 0 Å². The minimum absolute atomic E-state index is 0.00713. The van der Waals surface area contributed by atoms with Crippen LogP contribution in [0.5, 0.6) is 0 Å². The number of nitrogens with one attached hydrogen (secondary N) is 2. The molecule has 1 aromatic rings. The standard InChI is InChI=1S/C11H13N2O/c14-11(9-4-2-1-3-5-9)13-10-6-7-12-8-10/h2-5,10,12H,6-8H2,(H,13,14). The van der Waals surface area contributed by atoms with Gasteiger partial charge in [0.1, 0.15) is 0 Å². The molecule has 1 radical (unpaired) electrons. The smallest absolute Gasteiger partial charge is 0.251 e. The van der Waals surface area contributed by atoms with Gasteiger partial charge in [0.15, 0.2) is 0 Å². The highest BCUT2D eigenvalue weighted by Gasteiger charge is 2.16. The summed E-state index contributed by atoms with van der Waals surface area (Å²) in [5.74, 6) is 0.00713. The van der Waals surface area contributed by atoms with Gasteiger partial charge in [-0.1, -0.05) is 12.1 Å². The van der Waals surface area contributed by atoms with E-state index in [1.165, 1.54) is 0 Å². The first-order chi connectivity index (χ1) is 6.86. The predicted octanol–water partition coefficient (Wildman–Crippen LogP) is 0.578. The zero-order valence-electron chi connectivity index (χ0n) is 7.92. The van der Waals surface area contributed by atoms with Crippen molar-refractivity contribution >= 4 is 5.91 Å². The van der Waals surface area contributed by atoms with Crippen molar-refractivity contribution in [1.82, 2.24) is 10.6 Å². The Hall–Kier alpha value is -1.35. The monoisotopic (exact) mass is 189 g/mol. The van der Waals surface area contributed by atoms with E-state index < -0.39 is 0 Å². The van der Waals surface area contributed by atoms with Crippen molar-refractivity contribution in [3.63, 3.8) is 0 Å². The van der Waals surface area contributed by atoms with E-state index >= 15 is 0 Å². The molecule has 0 aliphatic carbocycles. The van der Waals surface area contributed by atoms with E-state index in [0.29, 0.717) is 5.56 Å². The maximum absolute atomic E-state index is 11.6. The van der Waals surface area contributed by atoms with Crippen molar-refractivity contribution < 1.29 is 4.79 Å². The molecule has 1 aliphatic heterocycles. The summed E-state index contributed by atoms with van der Waals surface area (Å²) in [7, 11) is 0. The van der Waals surface area contributed by atoms with Gasteiger partial charge in [-0.2, -0.15) is 0 Å². The molecule has 1 unspecified atom stereocenters. The average Bonchev–Trinajstić information content (AvgIpc) is 2.72. The summed E-state index contributed by atoms with van der Waals surface area (Å²) in [6, 6.07) is 10.2. The Labute approximate surface area is 83.5 Å². The van der Waals surface area contributed by atoms with Crippen LogP contribution in [0.15, 0.2) is 24.3 Å². The fourth-order valence-corrected chi connectivity index (χ4v) is 1.58. The lowest BCUT2D eigenvalue weighted by molar-refractivity contribution is 0.0940. The van der Waals surface area contributed by atoms with E-state index in [1.54, 1.807) is 24.3 Å². The Balaban J connectivity index is 1.95. The second kappa shape index (κ2) is 4.24. The van der Waals surface area contributed by atoms with E-state index in [0.717, 1.165) is 19.5 Å². The van der Waals surface area contributed by atoms with Gasteiger partial charge in [-0.05, 0) is 31.2 Å². The average molecular weight is 189 g/mol. The molecule has 14 heavy (non-hydrogen) atoms. The van der Waals surface area contributed by atoms with E-state index in [4.69, 9.17) is 0 Å². The van der Waals surface area contributed by atoms with E-state index in [-0.39, 0.29) is 11.9 Å². The molecule has 1 atom stereocenters. The molecule has 1 aliphatic rings. The van der Waals surface area contributed by atoms with Crippen LogP contribution in [0.1, 0.15) is 16.8 Å². The SMILES string of the molecule is O=C(NC1CCNC1)c1cc[c]cc1. The molecule has 3 nitrogen and oxygen atoms in total. The van der Waals surface area contributed by atoms with Crippen LogP contribution in [0.25, 0.3) is 0 Å². The van der Waals surface area contributed by atoms with Crippen molar-refractivity contribution in [2.45, 2.75) is 12.5 Å². The van der Waals surface area contributed by atoms with Gasteiger partial charge in [-0.3, -0.25) is 4.79 Å². The van der Waals surface area contributed by atoms with E-state index in [9.17, 15) is 4.79 Å². The Morgan fingerprint density at radius 2 is 2.29 bits per heavy atom. The number of benzene rings is 1. The summed E-state index contributed by atoms with van der Waals surface area (Å²) in [4.78, 5) is 11.6. The number of hydrogen-bond donors (Lipinski definition) is 2. The van der Waals surface area contributed by atoms with Gasteiger partial charge in [0.2, 0.25) is 0 Å². The third kappa shape index (κ3) is 2.12. The highest BCUT2D eigenvalue weighted by Crippen LogP contribution is 2.01. The largest absolute Gasteiger partial charge is 0.348 e. The first-order valence-corrected chi connectivity index (χ1v) is 4.84. The molecule has 0 bridgehead atoms. The van der Waals surface area contributed by atoms with Crippen LogP contribution < -0.4 is 10.6 Å². The van der Waals surface area contributed by atoms with E-state index in [1.807, 2.05) is 0 Å². The topological polar surface area (TPSA) is 41.1 Å². The molecule has 1 heterocycles. The molecule has 1 amide bonds. The number of rotatable bonds is 2. The van der Waals surface area contributed by atoms with Crippen LogP contribution >= 0.6 is 0 Å². The maximum atomic E-state index is 11.6. The van der Waals surface area contributed by atoms with Crippen LogP contribution in [-0.2, 0) is 0 Å². The fraction of sp³-hybridized carbons (Fsp3) is 0.364. The van der Waals surface area contributed by atoms with Crippen molar-refractivity contribution in [2.24, 2.45) is 0 Å². The van der Waals surface area contributed by atoms with Gasteiger partial charge >= 0.3 is 0 Å². The molecule has 0 aromatic heterocycles.